The standard InChI is InChI=1S/C16H20BrNO4/c1-16(22-2)4-3-6-18(7-5-16)14(19)11-8-12(15(20)21)10-13(17)9-11/h8-10H,3-7H2,1-2H3,(H,20,21). The summed E-state index contributed by atoms with van der Waals surface area (Å²) in [7, 11) is 1.70. The number of nitrogens with zero attached hydrogens (tertiary/aromatic N) is 1. The molecular weight excluding hydrogens is 350 g/mol. The molecule has 22 heavy (non-hydrogen) atoms. The van der Waals surface area contributed by atoms with E-state index in [0.717, 1.165) is 19.3 Å². The van der Waals surface area contributed by atoms with Crippen molar-refractivity contribution in [1.82, 2.24) is 4.90 Å². The van der Waals surface area contributed by atoms with E-state index in [9.17, 15) is 9.59 Å². The molecule has 5 nitrogen and oxygen atoms in total. The number of ether oxygens (including phenoxy) is 1. The first-order valence-corrected chi connectivity index (χ1v) is 8.02. The molecular formula is C16H20BrNO4. The largest absolute Gasteiger partial charge is 0.478 e. The summed E-state index contributed by atoms with van der Waals surface area (Å²) in [6.07, 6.45) is 2.55. The van der Waals surface area contributed by atoms with Crippen LogP contribution in [0.3, 0.4) is 0 Å². The lowest BCUT2D eigenvalue weighted by Crippen LogP contribution is -2.34. The Kier molecular flexibility index (Phi) is 5.24. The number of carbonyl (C=O) groups excluding carboxylic acids is 1. The van der Waals surface area contributed by atoms with Gasteiger partial charge >= 0.3 is 5.97 Å². The zero-order valence-corrected chi connectivity index (χ0v) is 14.4. The van der Waals surface area contributed by atoms with Crippen LogP contribution < -0.4 is 0 Å². The van der Waals surface area contributed by atoms with E-state index >= 15 is 0 Å². The Balaban J connectivity index is 2.19. The molecule has 1 fully saturated rings. The van der Waals surface area contributed by atoms with E-state index < -0.39 is 5.97 Å². The minimum Gasteiger partial charge on any atom is -0.478 e. The van der Waals surface area contributed by atoms with E-state index in [0.29, 0.717) is 23.1 Å². The highest BCUT2D eigenvalue weighted by Gasteiger charge is 2.29. The van der Waals surface area contributed by atoms with E-state index in [1.165, 1.54) is 12.1 Å². The summed E-state index contributed by atoms with van der Waals surface area (Å²) in [6.45, 7) is 3.33. The quantitative estimate of drug-likeness (QED) is 0.888. The summed E-state index contributed by atoms with van der Waals surface area (Å²) in [5, 5.41) is 9.11. The van der Waals surface area contributed by atoms with Crippen molar-refractivity contribution in [2.45, 2.75) is 31.8 Å². The maximum absolute atomic E-state index is 12.7. The van der Waals surface area contributed by atoms with Crippen molar-refractivity contribution in [2.75, 3.05) is 20.2 Å². The van der Waals surface area contributed by atoms with E-state index in [1.54, 1.807) is 18.1 Å². The van der Waals surface area contributed by atoms with Crippen molar-refractivity contribution in [3.63, 3.8) is 0 Å². The molecule has 1 aromatic rings. The fourth-order valence-corrected chi connectivity index (χ4v) is 3.17. The van der Waals surface area contributed by atoms with Crippen molar-refractivity contribution < 1.29 is 19.4 Å². The predicted molar refractivity (Wildman–Crippen MR) is 86.3 cm³/mol. The number of hydrogen-bond donors (Lipinski definition) is 1. The molecule has 1 aliphatic rings. The maximum Gasteiger partial charge on any atom is 0.335 e. The number of hydrogen-bond acceptors (Lipinski definition) is 3. The highest BCUT2D eigenvalue weighted by Crippen LogP contribution is 2.26. The average molecular weight is 370 g/mol. The Bertz CT molecular complexity index is 590. The molecule has 1 heterocycles. The van der Waals surface area contributed by atoms with E-state index in [2.05, 4.69) is 22.9 Å². The third kappa shape index (κ3) is 3.87. The molecule has 120 valence electrons. The van der Waals surface area contributed by atoms with Crippen molar-refractivity contribution in [2.24, 2.45) is 0 Å². The number of carbonyl (C=O) groups is 2. The number of methoxy groups -OCH3 is 1. The van der Waals surface area contributed by atoms with Crippen LogP contribution >= 0.6 is 15.9 Å². The summed E-state index contributed by atoms with van der Waals surface area (Å²) in [4.78, 5) is 25.5. The number of benzene rings is 1. The second-order valence-corrected chi connectivity index (χ2v) is 6.75. The van der Waals surface area contributed by atoms with Crippen LogP contribution in [-0.4, -0.2) is 47.7 Å². The molecule has 1 unspecified atom stereocenters. The second kappa shape index (κ2) is 6.79. The first-order valence-electron chi connectivity index (χ1n) is 7.23. The zero-order valence-electron chi connectivity index (χ0n) is 12.8. The lowest BCUT2D eigenvalue weighted by atomic mass is 9.97. The van der Waals surface area contributed by atoms with E-state index in [1.807, 2.05) is 0 Å². The highest BCUT2D eigenvalue weighted by molar-refractivity contribution is 9.10. The van der Waals surface area contributed by atoms with Crippen molar-refractivity contribution in [3.8, 4) is 0 Å². The van der Waals surface area contributed by atoms with Crippen LogP contribution in [0, 0.1) is 0 Å². The minimum absolute atomic E-state index is 0.106. The number of amides is 1. The summed E-state index contributed by atoms with van der Waals surface area (Å²) < 4.78 is 6.13. The lowest BCUT2D eigenvalue weighted by molar-refractivity contribution is -0.00537. The number of carboxylic acids is 1. The minimum atomic E-state index is -1.04. The van der Waals surface area contributed by atoms with Crippen LogP contribution in [-0.2, 0) is 4.74 Å². The SMILES string of the molecule is COC1(C)CCCN(C(=O)c2cc(Br)cc(C(=O)O)c2)CC1. The molecule has 1 N–H and O–H groups in total. The smallest absolute Gasteiger partial charge is 0.335 e. The monoisotopic (exact) mass is 369 g/mol. The number of carboxylic acid groups (broad SMARTS) is 1. The van der Waals surface area contributed by atoms with Crippen LogP contribution in [0.2, 0.25) is 0 Å². The van der Waals surface area contributed by atoms with E-state index in [4.69, 9.17) is 9.84 Å². The molecule has 6 heteroatoms. The molecule has 0 aromatic heterocycles. The van der Waals surface area contributed by atoms with Crippen molar-refractivity contribution in [3.05, 3.63) is 33.8 Å². The number of likely N-dealkylation sites (tertiary alicyclic amines) is 1. The Labute approximate surface area is 138 Å². The van der Waals surface area contributed by atoms with Crippen LogP contribution in [0.4, 0.5) is 0 Å². The van der Waals surface area contributed by atoms with Gasteiger partial charge in [-0.05, 0) is 44.4 Å². The lowest BCUT2D eigenvalue weighted by Gasteiger charge is -2.26. The van der Waals surface area contributed by atoms with E-state index in [-0.39, 0.29) is 17.1 Å². The molecule has 2 rings (SSSR count). The van der Waals surface area contributed by atoms with Crippen LogP contribution in [0.1, 0.15) is 46.9 Å². The molecule has 0 aliphatic carbocycles. The Morgan fingerprint density at radius 2 is 1.91 bits per heavy atom. The van der Waals surface area contributed by atoms with Gasteiger partial charge in [0.25, 0.3) is 5.91 Å². The number of halogens is 1. The summed E-state index contributed by atoms with van der Waals surface area (Å²) in [5.74, 6) is -1.18. The average Bonchev–Trinajstić information content (AvgIpc) is 2.68. The van der Waals surface area contributed by atoms with Crippen molar-refractivity contribution in [1.29, 1.82) is 0 Å². The van der Waals surface area contributed by atoms with Gasteiger partial charge in [0.2, 0.25) is 0 Å². The van der Waals surface area contributed by atoms with Crippen LogP contribution in [0.5, 0.6) is 0 Å². The highest BCUT2D eigenvalue weighted by atomic mass is 79.9. The Morgan fingerprint density at radius 3 is 2.55 bits per heavy atom. The van der Waals surface area contributed by atoms with Gasteiger partial charge in [0.05, 0.1) is 11.2 Å². The summed E-state index contributed by atoms with van der Waals surface area (Å²) in [5.41, 5.74) is 0.306. The van der Waals surface area contributed by atoms with Crippen LogP contribution in [0.25, 0.3) is 0 Å². The fraction of sp³-hybridized carbons (Fsp3) is 0.500. The van der Waals surface area contributed by atoms with Crippen LogP contribution in [0.15, 0.2) is 22.7 Å². The number of aromatic carboxylic acids is 1. The van der Waals surface area contributed by atoms with Gasteiger partial charge in [-0.15, -0.1) is 0 Å². The molecule has 1 aromatic carbocycles. The summed E-state index contributed by atoms with van der Waals surface area (Å²) >= 11 is 3.26. The normalized spacial score (nSPS) is 22.2. The van der Waals surface area contributed by atoms with Gasteiger partial charge < -0.3 is 14.7 Å². The van der Waals surface area contributed by atoms with Gasteiger partial charge in [-0.3, -0.25) is 4.79 Å². The van der Waals surface area contributed by atoms with Gasteiger partial charge in [0.15, 0.2) is 0 Å². The second-order valence-electron chi connectivity index (χ2n) is 5.83. The maximum atomic E-state index is 12.7. The Hall–Kier alpha value is -1.40. The van der Waals surface area contributed by atoms with Gasteiger partial charge in [-0.25, -0.2) is 4.79 Å². The molecule has 0 saturated carbocycles. The first kappa shape index (κ1) is 17.0. The third-order valence-electron chi connectivity index (χ3n) is 4.22. The molecule has 1 atom stereocenters. The van der Waals surface area contributed by atoms with Gasteiger partial charge in [0, 0.05) is 30.2 Å². The van der Waals surface area contributed by atoms with Crippen molar-refractivity contribution >= 4 is 27.8 Å². The molecule has 1 amide bonds. The number of rotatable bonds is 3. The summed E-state index contributed by atoms with van der Waals surface area (Å²) in [6, 6.07) is 4.58. The first-order chi connectivity index (χ1) is 10.3. The molecule has 0 spiro atoms. The topological polar surface area (TPSA) is 66.8 Å². The Morgan fingerprint density at radius 1 is 1.23 bits per heavy atom. The molecule has 0 radical (unpaired) electrons. The molecule has 0 bridgehead atoms. The zero-order chi connectivity index (χ0) is 16.3. The van der Waals surface area contributed by atoms with Gasteiger partial charge in [-0.2, -0.15) is 0 Å². The molecule has 1 aliphatic heterocycles. The molecule has 1 saturated heterocycles. The fourth-order valence-electron chi connectivity index (χ4n) is 2.68. The van der Waals surface area contributed by atoms with Gasteiger partial charge in [0.1, 0.15) is 0 Å². The van der Waals surface area contributed by atoms with Gasteiger partial charge in [-0.1, -0.05) is 15.9 Å². The third-order valence-corrected chi connectivity index (χ3v) is 4.67. The predicted octanol–water partition coefficient (Wildman–Crippen LogP) is 3.18.